The van der Waals surface area contributed by atoms with E-state index in [-0.39, 0.29) is 5.69 Å². The first kappa shape index (κ1) is 12.3. The molecule has 3 rings (SSSR count). The van der Waals surface area contributed by atoms with Crippen molar-refractivity contribution in [2.24, 2.45) is 0 Å². The zero-order valence-corrected chi connectivity index (χ0v) is 10.7. The van der Waals surface area contributed by atoms with Crippen LogP contribution in [0.3, 0.4) is 0 Å². The van der Waals surface area contributed by atoms with Gasteiger partial charge in [-0.15, -0.1) is 0 Å². The van der Waals surface area contributed by atoms with E-state index in [9.17, 15) is 10.1 Å². The third-order valence-electron chi connectivity index (χ3n) is 2.98. The van der Waals surface area contributed by atoms with Crippen molar-refractivity contribution < 1.29 is 9.34 Å². The minimum atomic E-state index is -0.445. The van der Waals surface area contributed by atoms with E-state index in [0.717, 1.165) is 12.1 Å². The fraction of sp³-hybridized carbons (Fsp3) is 0.143. The molecule has 100 valence electrons. The van der Waals surface area contributed by atoms with Crippen molar-refractivity contribution in [3.05, 3.63) is 52.2 Å². The van der Waals surface area contributed by atoms with Crippen LogP contribution >= 0.6 is 0 Å². The van der Waals surface area contributed by atoms with Gasteiger partial charge >= 0.3 is 0 Å². The Morgan fingerprint density at radius 2 is 2.10 bits per heavy atom. The Morgan fingerprint density at radius 1 is 1.25 bits per heavy atom. The molecule has 20 heavy (non-hydrogen) atoms. The van der Waals surface area contributed by atoms with Crippen LogP contribution in [0.4, 0.5) is 5.69 Å². The van der Waals surface area contributed by atoms with Crippen LogP contribution in [0.5, 0.6) is 0 Å². The van der Waals surface area contributed by atoms with Crippen molar-refractivity contribution in [1.29, 1.82) is 0 Å². The van der Waals surface area contributed by atoms with Gasteiger partial charge in [0.2, 0.25) is 5.89 Å². The second-order valence-electron chi connectivity index (χ2n) is 4.30. The maximum Gasteiger partial charge on any atom is 0.270 e. The molecule has 0 aliphatic heterocycles. The van der Waals surface area contributed by atoms with Crippen molar-refractivity contribution >= 4 is 16.9 Å². The van der Waals surface area contributed by atoms with Crippen molar-refractivity contribution in [2.45, 2.75) is 13.3 Å². The minimum Gasteiger partial charge on any atom is -0.434 e. The Kier molecular flexibility index (Phi) is 2.90. The maximum absolute atomic E-state index is 10.8. The normalized spacial score (nSPS) is 10.8. The first-order chi connectivity index (χ1) is 9.67. The van der Waals surface area contributed by atoms with Crippen LogP contribution in [0.2, 0.25) is 0 Å². The van der Waals surface area contributed by atoms with E-state index in [0.29, 0.717) is 22.7 Å². The summed E-state index contributed by atoms with van der Waals surface area (Å²) in [5.74, 6) is 0.337. The fourth-order valence-electron chi connectivity index (χ4n) is 1.93. The number of fused-ring (bicyclic) bond motifs is 1. The number of hydrogen-bond acceptors (Lipinski definition) is 5. The van der Waals surface area contributed by atoms with Crippen molar-refractivity contribution in [3.8, 4) is 11.5 Å². The largest absolute Gasteiger partial charge is 0.434 e. The molecule has 0 bridgehead atoms. The predicted molar refractivity (Wildman–Crippen MR) is 73.3 cm³/mol. The summed E-state index contributed by atoms with van der Waals surface area (Å²) in [4.78, 5) is 19.0. The monoisotopic (exact) mass is 269 g/mol. The van der Waals surface area contributed by atoms with Crippen LogP contribution in [0.15, 0.2) is 40.8 Å². The van der Waals surface area contributed by atoms with Gasteiger partial charge in [-0.05, 0) is 24.6 Å². The van der Waals surface area contributed by atoms with E-state index in [1.807, 2.05) is 19.1 Å². The van der Waals surface area contributed by atoms with Gasteiger partial charge in [0, 0.05) is 23.4 Å². The van der Waals surface area contributed by atoms with Gasteiger partial charge < -0.3 is 4.42 Å². The molecule has 0 saturated carbocycles. The number of aromatic nitrogens is 2. The summed E-state index contributed by atoms with van der Waals surface area (Å²) in [5, 5.41) is 10.8. The van der Waals surface area contributed by atoms with Crippen LogP contribution in [-0.4, -0.2) is 14.9 Å². The predicted octanol–water partition coefficient (Wildman–Crippen LogP) is 3.36. The average Bonchev–Trinajstić information content (AvgIpc) is 2.90. The summed E-state index contributed by atoms with van der Waals surface area (Å²) >= 11 is 0. The first-order valence-electron chi connectivity index (χ1n) is 6.18. The highest BCUT2D eigenvalue weighted by molar-refractivity contribution is 5.73. The molecule has 0 fully saturated rings. The maximum atomic E-state index is 10.8. The third kappa shape index (κ3) is 2.11. The van der Waals surface area contributed by atoms with E-state index < -0.39 is 4.92 Å². The summed E-state index contributed by atoms with van der Waals surface area (Å²) < 4.78 is 5.59. The van der Waals surface area contributed by atoms with Gasteiger partial charge in [-0.1, -0.05) is 13.0 Å². The number of pyridine rings is 1. The number of aryl methyl sites for hydroxylation is 1. The molecule has 0 aliphatic carbocycles. The number of rotatable bonds is 3. The van der Waals surface area contributed by atoms with E-state index >= 15 is 0 Å². The number of nitro benzene ring substituents is 1. The Labute approximate surface area is 114 Å². The zero-order valence-electron chi connectivity index (χ0n) is 10.7. The molecular weight excluding hydrogens is 258 g/mol. The summed E-state index contributed by atoms with van der Waals surface area (Å²) in [6.07, 6.45) is 0.814. The molecule has 0 atom stereocenters. The average molecular weight is 269 g/mol. The van der Waals surface area contributed by atoms with Crippen LogP contribution in [-0.2, 0) is 6.42 Å². The van der Waals surface area contributed by atoms with Crippen molar-refractivity contribution in [1.82, 2.24) is 9.97 Å². The minimum absolute atomic E-state index is 0.00645. The first-order valence-corrected chi connectivity index (χ1v) is 6.18. The highest BCUT2D eigenvalue weighted by atomic mass is 16.6. The van der Waals surface area contributed by atoms with Crippen LogP contribution in [0.25, 0.3) is 22.7 Å². The van der Waals surface area contributed by atoms with Crippen molar-refractivity contribution in [3.63, 3.8) is 0 Å². The number of oxazole rings is 1. The Balaban J connectivity index is 2.10. The van der Waals surface area contributed by atoms with Gasteiger partial charge in [0.15, 0.2) is 11.2 Å². The number of nitro groups is 1. The van der Waals surface area contributed by atoms with E-state index in [1.165, 1.54) is 12.1 Å². The molecule has 0 amide bonds. The smallest absolute Gasteiger partial charge is 0.270 e. The van der Waals surface area contributed by atoms with Crippen molar-refractivity contribution in [2.75, 3.05) is 0 Å². The van der Waals surface area contributed by atoms with Crippen LogP contribution in [0.1, 0.15) is 12.6 Å². The molecule has 0 spiro atoms. The topological polar surface area (TPSA) is 82.1 Å². The lowest BCUT2D eigenvalue weighted by Gasteiger charge is -1.94. The highest BCUT2D eigenvalue weighted by Crippen LogP contribution is 2.26. The SMILES string of the molecule is CCc1ccc2oc(-c3cccc([N+](=O)[O-])c3)nc2n1. The van der Waals surface area contributed by atoms with Crippen LogP contribution in [0, 0.1) is 10.1 Å². The van der Waals surface area contributed by atoms with Gasteiger partial charge in [0.05, 0.1) is 4.92 Å². The molecule has 0 N–H and O–H groups in total. The highest BCUT2D eigenvalue weighted by Gasteiger charge is 2.13. The quantitative estimate of drug-likeness (QED) is 0.537. The van der Waals surface area contributed by atoms with Gasteiger partial charge in [-0.3, -0.25) is 10.1 Å². The summed E-state index contributed by atoms with van der Waals surface area (Å²) in [5.41, 5.74) is 2.59. The molecule has 6 heteroatoms. The zero-order chi connectivity index (χ0) is 14.1. The van der Waals surface area contributed by atoms with Gasteiger partial charge in [-0.2, -0.15) is 4.98 Å². The summed E-state index contributed by atoms with van der Waals surface area (Å²) in [6.45, 7) is 2.01. The van der Waals surface area contributed by atoms with Crippen LogP contribution < -0.4 is 0 Å². The number of non-ortho nitro benzene ring substituents is 1. The summed E-state index contributed by atoms with van der Waals surface area (Å²) in [6, 6.07) is 9.89. The molecule has 0 saturated heterocycles. The molecule has 0 radical (unpaired) electrons. The third-order valence-corrected chi connectivity index (χ3v) is 2.98. The fourth-order valence-corrected chi connectivity index (χ4v) is 1.93. The summed E-state index contributed by atoms with van der Waals surface area (Å²) in [7, 11) is 0. The second kappa shape index (κ2) is 4.73. The molecule has 6 nitrogen and oxygen atoms in total. The van der Waals surface area contributed by atoms with E-state index in [2.05, 4.69) is 9.97 Å². The van der Waals surface area contributed by atoms with Gasteiger partial charge in [0.25, 0.3) is 5.69 Å². The lowest BCUT2D eigenvalue weighted by Crippen LogP contribution is -1.88. The molecule has 3 aromatic rings. The molecular formula is C14H11N3O3. The number of nitrogens with zero attached hydrogens (tertiary/aromatic N) is 3. The lowest BCUT2D eigenvalue weighted by molar-refractivity contribution is -0.384. The molecule has 2 heterocycles. The van der Waals surface area contributed by atoms with Gasteiger partial charge in [-0.25, -0.2) is 4.98 Å². The molecule has 0 unspecified atom stereocenters. The lowest BCUT2D eigenvalue weighted by atomic mass is 10.2. The van der Waals surface area contributed by atoms with Gasteiger partial charge in [0.1, 0.15) is 0 Å². The second-order valence-corrected chi connectivity index (χ2v) is 4.30. The molecule has 0 aliphatic rings. The standard InChI is InChI=1S/C14H11N3O3/c1-2-10-6-7-12-13(15-10)16-14(20-12)9-4-3-5-11(8-9)17(18)19/h3-8H,2H2,1H3. The Bertz CT molecular complexity index is 795. The molecule has 1 aromatic carbocycles. The number of benzene rings is 1. The Morgan fingerprint density at radius 3 is 2.85 bits per heavy atom. The number of hydrogen-bond donors (Lipinski definition) is 0. The van der Waals surface area contributed by atoms with E-state index in [1.54, 1.807) is 12.1 Å². The Hall–Kier alpha value is -2.76. The molecule has 2 aromatic heterocycles. The van der Waals surface area contributed by atoms with E-state index in [4.69, 9.17) is 4.42 Å².